The van der Waals surface area contributed by atoms with Gasteiger partial charge in [0.2, 0.25) is 0 Å². The van der Waals surface area contributed by atoms with E-state index in [0.29, 0.717) is 6.54 Å². The average Bonchev–Trinajstić information content (AvgIpc) is 2.13. The molecule has 2 N–H and O–H groups in total. The zero-order valence-corrected chi connectivity index (χ0v) is 10.4. The Morgan fingerprint density at radius 2 is 2.07 bits per heavy atom. The van der Waals surface area contributed by atoms with E-state index in [4.69, 9.17) is 0 Å². The quantitative estimate of drug-likeness (QED) is 0.872. The van der Waals surface area contributed by atoms with Crippen LogP contribution < -0.4 is 5.32 Å². The molecular formula is C11H16BrNO. The number of halogens is 1. The molecule has 0 amide bonds. The van der Waals surface area contributed by atoms with Crippen LogP contribution in [0.3, 0.4) is 0 Å². The fraction of sp³-hybridized carbons (Fsp3) is 0.455. The summed E-state index contributed by atoms with van der Waals surface area (Å²) >= 11 is 3.48. The molecule has 0 saturated carbocycles. The average molecular weight is 258 g/mol. The van der Waals surface area contributed by atoms with Gasteiger partial charge in [-0.3, -0.25) is 0 Å². The molecule has 1 unspecified atom stereocenters. The van der Waals surface area contributed by atoms with Gasteiger partial charge in [-0.2, -0.15) is 0 Å². The molecule has 0 aliphatic carbocycles. The highest BCUT2D eigenvalue weighted by Gasteiger charge is 2.09. The molecule has 1 aromatic carbocycles. The molecule has 0 saturated heterocycles. The number of hydrogen-bond acceptors (Lipinski definition) is 2. The van der Waals surface area contributed by atoms with Gasteiger partial charge >= 0.3 is 0 Å². The molecule has 0 fully saturated rings. The molecule has 3 heteroatoms. The molecule has 0 radical (unpaired) electrons. The Kier molecular flexibility index (Phi) is 4.11. The molecule has 2 nitrogen and oxygen atoms in total. The number of rotatable bonds is 3. The van der Waals surface area contributed by atoms with E-state index in [1.54, 1.807) is 0 Å². The molecule has 0 heterocycles. The Hall–Kier alpha value is -0.380. The normalized spacial score (nSPS) is 12.9. The van der Waals surface area contributed by atoms with Crippen LogP contribution in [-0.2, 0) is 0 Å². The van der Waals surface area contributed by atoms with Gasteiger partial charge in [-0.05, 0) is 43.7 Å². The third-order valence-electron chi connectivity index (χ3n) is 2.41. The summed E-state index contributed by atoms with van der Waals surface area (Å²) in [6.07, 6.45) is -0.435. The van der Waals surface area contributed by atoms with E-state index in [9.17, 15) is 5.11 Å². The van der Waals surface area contributed by atoms with Gasteiger partial charge in [0, 0.05) is 11.0 Å². The van der Waals surface area contributed by atoms with Gasteiger partial charge in [0.15, 0.2) is 0 Å². The Bertz CT molecular complexity index is 302. The maximum atomic E-state index is 9.78. The van der Waals surface area contributed by atoms with Gasteiger partial charge in [-0.15, -0.1) is 0 Å². The first kappa shape index (κ1) is 11.7. The van der Waals surface area contributed by atoms with Crippen molar-refractivity contribution in [2.24, 2.45) is 0 Å². The molecule has 1 atom stereocenters. The van der Waals surface area contributed by atoms with E-state index < -0.39 is 6.10 Å². The smallest absolute Gasteiger partial charge is 0.0914 e. The summed E-state index contributed by atoms with van der Waals surface area (Å²) in [6.45, 7) is 4.69. The van der Waals surface area contributed by atoms with E-state index in [-0.39, 0.29) is 0 Å². The predicted molar refractivity (Wildman–Crippen MR) is 62.5 cm³/mol. The van der Waals surface area contributed by atoms with Crippen LogP contribution in [-0.4, -0.2) is 18.7 Å². The summed E-state index contributed by atoms with van der Waals surface area (Å²) in [5.41, 5.74) is 3.38. The van der Waals surface area contributed by atoms with Crippen LogP contribution in [0.1, 0.15) is 22.8 Å². The maximum Gasteiger partial charge on any atom is 0.0914 e. The van der Waals surface area contributed by atoms with Gasteiger partial charge < -0.3 is 10.4 Å². The molecular weight excluding hydrogens is 242 g/mol. The van der Waals surface area contributed by atoms with Crippen molar-refractivity contribution in [2.75, 3.05) is 13.6 Å². The first-order chi connectivity index (χ1) is 6.56. The van der Waals surface area contributed by atoms with Gasteiger partial charge in [-0.1, -0.05) is 22.0 Å². The summed E-state index contributed by atoms with van der Waals surface area (Å²) in [7, 11) is 1.83. The largest absolute Gasteiger partial charge is 0.387 e. The third-order valence-corrected chi connectivity index (χ3v) is 3.23. The molecule has 0 bridgehead atoms. The lowest BCUT2D eigenvalue weighted by atomic mass is 10.0. The minimum Gasteiger partial charge on any atom is -0.387 e. The lowest BCUT2D eigenvalue weighted by Crippen LogP contribution is -2.16. The van der Waals surface area contributed by atoms with Crippen LogP contribution in [0.15, 0.2) is 16.6 Å². The van der Waals surface area contributed by atoms with Crippen LogP contribution in [0, 0.1) is 13.8 Å². The molecule has 1 rings (SSSR count). The second-order valence-electron chi connectivity index (χ2n) is 3.52. The topological polar surface area (TPSA) is 32.3 Å². The predicted octanol–water partition coefficient (Wildman–Crippen LogP) is 2.32. The number of likely N-dealkylation sites (N-methyl/N-ethyl adjacent to an activating group) is 1. The number of nitrogens with one attached hydrogen (secondary N) is 1. The molecule has 0 spiro atoms. The van der Waals surface area contributed by atoms with Gasteiger partial charge in [-0.25, -0.2) is 0 Å². The Morgan fingerprint density at radius 3 is 2.57 bits per heavy atom. The monoisotopic (exact) mass is 257 g/mol. The van der Waals surface area contributed by atoms with Crippen LogP contribution in [0.4, 0.5) is 0 Å². The number of aliphatic hydroxyl groups is 1. The number of hydrogen-bond donors (Lipinski definition) is 2. The first-order valence-electron chi connectivity index (χ1n) is 4.65. The van der Waals surface area contributed by atoms with Crippen molar-refractivity contribution in [3.8, 4) is 0 Å². The summed E-state index contributed by atoms with van der Waals surface area (Å²) in [4.78, 5) is 0. The molecule has 0 aromatic heterocycles. The third kappa shape index (κ3) is 2.56. The van der Waals surface area contributed by atoms with E-state index in [1.807, 2.05) is 19.2 Å². The van der Waals surface area contributed by atoms with Crippen LogP contribution in [0.2, 0.25) is 0 Å². The number of aryl methyl sites for hydroxylation is 1. The lowest BCUT2D eigenvalue weighted by Gasteiger charge is -2.13. The van der Waals surface area contributed by atoms with Crippen molar-refractivity contribution in [2.45, 2.75) is 20.0 Å². The van der Waals surface area contributed by atoms with Crippen molar-refractivity contribution in [1.82, 2.24) is 5.32 Å². The second-order valence-corrected chi connectivity index (χ2v) is 4.37. The van der Waals surface area contributed by atoms with E-state index >= 15 is 0 Å². The van der Waals surface area contributed by atoms with Crippen molar-refractivity contribution in [1.29, 1.82) is 0 Å². The summed E-state index contributed by atoms with van der Waals surface area (Å²) in [6, 6.07) is 4.01. The van der Waals surface area contributed by atoms with Crippen molar-refractivity contribution in [3.63, 3.8) is 0 Å². The highest BCUT2D eigenvalue weighted by molar-refractivity contribution is 9.10. The van der Waals surface area contributed by atoms with Gasteiger partial charge in [0.05, 0.1) is 6.10 Å². The maximum absolute atomic E-state index is 9.78. The van der Waals surface area contributed by atoms with E-state index in [2.05, 4.69) is 35.1 Å². The Morgan fingerprint density at radius 1 is 1.43 bits per heavy atom. The molecule has 14 heavy (non-hydrogen) atoms. The first-order valence-corrected chi connectivity index (χ1v) is 5.45. The highest BCUT2D eigenvalue weighted by Crippen LogP contribution is 2.24. The SMILES string of the molecule is CNCC(O)c1cc(C)c(C)c(Br)c1. The zero-order chi connectivity index (χ0) is 10.7. The van der Waals surface area contributed by atoms with Gasteiger partial charge in [0.1, 0.15) is 0 Å². The molecule has 1 aromatic rings. The zero-order valence-electron chi connectivity index (χ0n) is 8.76. The Labute approximate surface area is 93.5 Å². The van der Waals surface area contributed by atoms with E-state index in [1.165, 1.54) is 11.1 Å². The molecule has 0 aliphatic heterocycles. The van der Waals surface area contributed by atoms with E-state index in [0.717, 1.165) is 10.0 Å². The second kappa shape index (κ2) is 4.91. The molecule has 0 aliphatic rings. The van der Waals surface area contributed by atoms with Crippen LogP contribution >= 0.6 is 15.9 Å². The number of benzene rings is 1. The van der Waals surface area contributed by atoms with Gasteiger partial charge in [0.25, 0.3) is 0 Å². The van der Waals surface area contributed by atoms with Crippen molar-refractivity contribution >= 4 is 15.9 Å². The highest BCUT2D eigenvalue weighted by atomic mass is 79.9. The number of aliphatic hydroxyl groups excluding tert-OH is 1. The summed E-state index contributed by atoms with van der Waals surface area (Å²) in [5, 5.41) is 12.7. The molecule has 78 valence electrons. The summed E-state index contributed by atoms with van der Waals surface area (Å²) in [5.74, 6) is 0. The summed E-state index contributed by atoms with van der Waals surface area (Å²) < 4.78 is 1.06. The minimum absolute atomic E-state index is 0.435. The minimum atomic E-state index is -0.435. The lowest BCUT2D eigenvalue weighted by molar-refractivity contribution is 0.177. The van der Waals surface area contributed by atoms with Crippen molar-refractivity contribution in [3.05, 3.63) is 33.3 Å². The van der Waals surface area contributed by atoms with Crippen molar-refractivity contribution < 1.29 is 5.11 Å². The Balaban J connectivity index is 3.00. The fourth-order valence-corrected chi connectivity index (χ4v) is 1.92. The standard InChI is InChI=1S/C11H16BrNO/c1-7-4-9(11(14)6-13-3)5-10(12)8(7)2/h4-5,11,13-14H,6H2,1-3H3. The fourth-order valence-electron chi connectivity index (χ4n) is 1.35. The van der Waals surface area contributed by atoms with Crippen LogP contribution in [0.5, 0.6) is 0 Å². The van der Waals surface area contributed by atoms with Crippen LogP contribution in [0.25, 0.3) is 0 Å².